The number of unbranched alkanes of at least 4 members (excludes halogenated alkanes) is 4. The van der Waals surface area contributed by atoms with E-state index in [1.54, 1.807) is 6.92 Å². The van der Waals surface area contributed by atoms with Gasteiger partial charge >= 0.3 is 0 Å². The van der Waals surface area contributed by atoms with Crippen LogP contribution < -0.4 is 19.9 Å². The van der Waals surface area contributed by atoms with Crippen LogP contribution in [0.3, 0.4) is 0 Å². The number of sulfonamides is 1. The summed E-state index contributed by atoms with van der Waals surface area (Å²) in [6, 6.07) is 14.3. The van der Waals surface area contributed by atoms with Crippen LogP contribution in [-0.4, -0.2) is 71.1 Å². The number of carbonyl (C=O) groups excluding carboxylic acids is 3. The molecule has 14 heteroatoms. The number of fused-ring (bicyclic) bond motifs is 3. The van der Waals surface area contributed by atoms with Crippen LogP contribution in [0.4, 0.5) is 0 Å². The molecule has 3 fully saturated rings. The van der Waals surface area contributed by atoms with E-state index in [0.717, 1.165) is 42.4 Å². The van der Waals surface area contributed by atoms with Crippen molar-refractivity contribution in [3.63, 3.8) is 0 Å². The number of ether oxygens (including phenoxy) is 2. The number of benzene rings is 2. The summed E-state index contributed by atoms with van der Waals surface area (Å²) in [6.07, 6.45) is 10.1. The molecule has 13 nitrogen and oxygen atoms in total. The predicted octanol–water partition coefficient (Wildman–Crippen LogP) is 5.81. The summed E-state index contributed by atoms with van der Waals surface area (Å²) < 4.78 is 44.3. The van der Waals surface area contributed by atoms with Gasteiger partial charge in [-0.05, 0) is 94.7 Å². The van der Waals surface area contributed by atoms with E-state index < -0.39 is 38.7 Å². The molecule has 2 aromatic heterocycles. The molecule has 7 rings (SSSR count). The van der Waals surface area contributed by atoms with Crippen LogP contribution in [0.1, 0.15) is 78.1 Å². The Kier molecular flexibility index (Phi) is 10.7. The van der Waals surface area contributed by atoms with Crippen molar-refractivity contribution in [1.29, 1.82) is 0 Å². The summed E-state index contributed by atoms with van der Waals surface area (Å²) in [7, 11) is -3.60. The Balaban J connectivity index is 0.908. The molecule has 2 aliphatic carbocycles. The number of hydrogen-bond acceptors (Lipinski definition) is 10. The van der Waals surface area contributed by atoms with E-state index >= 15 is 0 Å². The summed E-state index contributed by atoms with van der Waals surface area (Å²) in [5.41, 5.74) is 8.17. The quantitative estimate of drug-likeness (QED) is 0.0985. The number of hydrogen-bond donors (Lipinski definition) is 2. The number of furan rings is 1. The van der Waals surface area contributed by atoms with Gasteiger partial charge in [0.1, 0.15) is 29.0 Å². The third-order valence-corrected chi connectivity index (χ3v) is 12.9. The van der Waals surface area contributed by atoms with Gasteiger partial charge in [0, 0.05) is 29.7 Å². The highest BCUT2D eigenvalue weighted by atomic mass is 32.2. The summed E-state index contributed by atoms with van der Waals surface area (Å²) in [5, 5.41) is 0.815. The molecule has 3 aliphatic rings. The van der Waals surface area contributed by atoms with E-state index in [2.05, 4.69) is 10.8 Å². The number of nitrogens with zero attached hydrogens (tertiary/aromatic N) is 3. The summed E-state index contributed by atoms with van der Waals surface area (Å²) in [5.74, 6) is 0.0793. The lowest BCUT2D eigenvalue weighted by molar-refractivity contribution is -0.137. The number of aromatic nitrogens is 2. The van der Waals surface area contributed by atoms with Gasteiger partial charge in [-0.25, -0.2) is 13.4 Å². The number of nitrogens with one attached hydrogen (secondary N) is 1. The van der Waals surface area contributed by atoms with Gasteiger partial charge in [0.15, 0.2) is 5.82 Å². The molecular weight excluding hydrogens is 711 g/mol. The first-order valence-corrected chi connectivity index (χ1v) is 20.4. The number of nitrogens with two attached hydrogens (primary N) is 1. The molecule has 3 amide bonds. The number of likely N-dealkylation sites (tertiary alicyclic amines) is 1. The van der Waals surface area contributed by atoms with E-state index in [1.807, 2.05) is 61.5 Å². The Morgan fingerprint density at radius 3 is 2.54 bits per heavy atom. The van der Waals surface area contributed by atoms with Crippen LogP contribution in [0.5, 0.6) is 11.6 Å². The van der Waals surface area contributed by atoms with Crippen molar-refractivity contribution in [3.8, 4) is 23.0 Å². The highest BCUT2D eigenvalue weighted by Gasteiger charge is 2.52. The van der Waals surface area contributed by atoms with Crippen molar-refractivity contribution in [2.75, 3.05) is 13.2 Å². The Hall–Kier alpha value is -4.98. The lowest BCUT2D eigenvalue weighted by Crippen LogP contribution is -2.43. The van der Waals surface area contributed by atoms with E-state index in [0.29, 0.717) is 54.8 Å². The largest absolute Gasteiger partial charge is 0.494 e. The first kappa shape index (κ1) is 37.3. The highest BCUT2D eigenvalue weighted by Crippen LogP contribution is 2.44. The van der Waals surface area contributed by atoms with Crippen molar-refractivity contribution in [2.45, 2.75) is 94.9 Å². The average Bonchev–Trinajstić information content (AvgIpc) is 4.02. The third kappa shape index (κ3) is 8.08. The monoisotopic (exact) mass is 757 g/mol. The number of carbonyl (C=O) groups is 3. The number of rotatable bonds is 17. The average molecular weight is 758 g/mol. The fraction of sp³-hybridized carbons (Fsp3) is 0.475. The predicted molar refractivity (Wildman–Crippen MR) is 203 cm³/mol. The second-order valence-electron chi connectivity index (χ2n) is 14.8. The van der Waals surface area contributed by atoms with Gasteiger partial charge < -0.3 is 24.5 Å². The van der Waals surface area contributed by atoms with Crippen LogP contribution in [0.25, 0.3) is 33.5 Å². The molecule has 0 spiro atoms. The molecule has 3 heterocycles. The van der Waals surface area contributed by atoms with E-state index in [9.17, 15) is 22.8 Å². The summed E-state index contributed by atoms with van der Waals surface area (Å²) >= 11 is 0. The molecule has 2 aromatic carbocycles. The van der Waals surface area contributed by atoms with Gasteiger partial charge in [0.2, 0.25) is 33.3 Å². The van der Waals surface area contributed by atoms with Gasteiger partial charge in [0.05, 0.1) is 17.9 Å². The number of primary amides is 1. The molecule has 1 saturated heterocycles. The standard InChI is InChI=1S/C40H47N5O8S/c1-3-51-27-18-16-25(17-19-27)37-42-34-29-13-10-11-14-32(29)53-35(34)39(43-37)52-28-23-31(36(41)47)45(24-28)33(46)15-9-7-5-4-6-8-12-26-22-30(26)38(48)44-54(49,50)40(2)20-21-40/h8,10-14,16-19,26,28,30-31H,3-7,9,15,20-24H2,1-2H3,(H2,41,47)(H,44,48)/b12-8-/t26-,28-,30+,31+/m1/s1. The summed E-state index contributed by atoms with van der Waals surface area (Å²) in [6.45, 7) is 4.33. The lowest BCUT2D eigenvalue weighted by Gasteiger charge is -2.21. The smallest absolute Gasteiger partial charge is 0.262 e. The van der Waals surface area contributed by atoms with Gasteiger partial charge in [-0.2, -0.15) is 4.98 Å². The van der Waals surface area contributed by atoms with E-state index in [1.165, 1.54) is 4.90 Å². The lowest BCUT2D eigenvalue weighted by atomic mass is 10.1. The Morgan fingerprint density at radius 1 is 1.04 bits per heavy atom. The Morgan fingerprint density at radius 2 is 1.80 bits per heavy atom. The Labute approximate surface area is 314 Å². The molecule has 0 bridgehead atoms. The molecule has 2 saturated carbocycles. The zero-order chi connectivity index (χ0) is 38.0. The number of amides is 3. The second kappa shape index (κ2) is 15.4. The maximum Gasteiger partial charge on any atom is 0.262 e. The van der Waals surface area contributed by atoms with Gasteiger partial charge in [0.25, 0.3) is 5.88 Å². The van der Waals surface area contributed by atoms with E-state index in [-0.39, 0.29) is 43.0 Å². The molecule has 54 heavy (non-hydrogen) atoms. The zero-order valence-electron chi connectivity index (χ0n) is 30.7. The fourth-order valence-electron chi connectivity index (χ4n) is 7.04. The second-order valence-corrected chi connectivity index (χ2v) is 17.0. The van der Waals surface area contributed by atoms with Crippen LogP contribution in [0.15, 0.2) is 65.1 Å². The number of allylic oxidation sites excluding steroid dienone is 2. The normalized spacial score (nSPS) is 21.8. The van der Waals surface area contributed by atoms with Gasteiger partial charge in [-0.1, -0.05) is 37.1 Å². The topological polar surface area (TPSA) is 184 Å². The van der Waals surface area contributed by atoms with Crippen molar-refractivity contribution in [1.82, 2.24) is 19.6 Å². The molecule has 3 N–H and O–H groups in total. The molecular formula is C40H47N5O8S. The van der Waals surface area contributed by atoms with Crippen LogP contribution in [-0.2, 0) is 24.4 Å². The minimum Gasteiger partial charge on any atom is -0.494 e. The molecule has 4 atom stereocenters. The molecule has 1 aliphatic heterocycles. The minimum atomic E-state index is -3.60. The first-order chi connectivity index (χ1) is 26.0. The number of para-hydroxylation sites is 1. The minimum absolute atomic E-state index is 0.0793. The zero-order valence-corrected chi connectivity index (χ0v) is 31.5. The van der Waals surface area contributed by atoms with Crippen LogP contribution in [0.2, 0.25) is 0 Å². The molecule has 286 valence electrons. The maximum atomic E-state index is 13.4. The third-order valence-electron chi connectivity index (χ3n) is 10.7. The Bertz CT molecular complexity index is 2180. The van der Waals surface area contributed by atoms with Crippen molar-refractivity contribution < 1.29 is 36.7 Å². The van der Waals surface area contributed by atoms with E-state index in [4.69, 9.17) is 29.6 Å². The maximum absolute atomic E-state index is 13.4. The first-order valence-electron chi connectivity index (χ1n) is 18.9. The molecule has 0 unspecified atom stereocenters. The van der Waals surface area contributed by atoms with Crippen molar-refractivity contribution in [3.05, 3.63) is 60.7 Å². The van der Waals surface area contributed by atoms with Crippen LogP contribution in [0, 0.1) is 11.8 Å². The molecule has 0 radical (unpaired) electrons. The fourth-order valence-corrected chi connectivity index (χ4v) is 8.34. The van der Waals surface area contributed by atoms with Gasteiger partial charge in [-0.3, -0.25) is 19.1 Å². The highest BCUT2D eigenvalue weighted by molar-refractivity contribution is 7.91. The van der Waals surface area contributed by atoms with Gasteiger partial charge in [-0.15, -0.1) is 0 Å². The summed E-state index contributed by atoms with van der Waals surface area (Å²) in [4.78, 5) is 49.4. The molecule has 4 aromatic rings. The SMILES string of the molecule is CCOc1ccc(-c2nc(O[C@@H]3C[C@@H](C(N)=O)N(C(=O)CCCCCC/C=C\[C@@H]4C[C@@H]4C(=O)NS(=O)(=O)C4(C)CC4)C3)c3oc4ccccc4c3n2)cc1. The van der Waals surface area contributed by atoms with Crippen molar-refractivity contribution in [2.24, 2.45) is 17.6 Å². The van der Waals surface area contributed by atoms with Crippen LogP contribution >= 0.6 is 0 Å². The van der Waals surface area contributed by atoms with Crippen molar-refractivity contribution >= 4 is 49.8 Å².